The number of halogens is 1. The van der Waals surface area contributed by atoms with E-state index in [1.54, 1.807) is 32.0 Å². The van der Waals surface area contributed by atoms with Crippen LogP contribution in [0.15, 0.2) is 95.2 Å². The van der Waals surface area contributed by atoms with Gasteiger partial charge >= 0.3 is 12.0 Å². The van der Waals surface area contributed by atoms with E-state index >= 15 is 0 Å². The van der Waals surface area contributed by atoms with E-state index in [4.69, 9.17) is 18.9 Å². The van der Waals surface area contributed by atoms with Gasteiger partial charge in [-0.15, -0.1) is 0 Å². The highest BCUT2D eigenvalue weighted by molar-refractivity contribution is 14.1. The smallest absolute Gasteiger partial charge is 0.338 e. The van der Waals surface area contributed by atoms with Gasteiger partial charge in [-0.3, -0.25) is 4.79 Å². The summed E-state index contributed by atoms with van der Waals surface area (Å²) in [7, 11) is 1.45. The molecule has 1 atom stereocenters. The van der Waals surface area contributed by atoms with Crippen LogP contribution in [0.4, 0.5) is 4.79 Å². The van der Waals surface area contributed by atoms with Gasteiger partial charge in [0.05, 0.1) is 35.1 Å². The number of benzene rings is 4. The number of hydrogen-bond donors (Lipinski definition) is 3. The molecular weight excluding hydrogens is 715 g/mol. The molecule has 4 aromatic rings. The highest BCUT2D eigenvalue weighted by Crippen LogP contribution is 2.34. The summed E-state index contributed by atoms with van der Waals surface area (Å²) in [6, 6.07) is 23.8. The summed E-state index contributed by atoms with van der Waals surface area (Å²) < 4.78 is 23.3. The third-order valence-electron chi connectivity index (χ3n) is 7.21. The molecule has 0 saturated carbocycles. The zero-order valence-electron chi connectivity index (χ0n) is 26.0. The van der Waals surface area contributed by atoms with Crippen LogP contribution in [0.5, 0.6) is 17.2 Å². The molecule has 242 valence electrons. The number of esters is 1. The number of rotatable bonds is 12. The molecule has 5 rings (SSSR count). The predicted molar refractivity (Wildman–Crippen MR) is 185 cm³/mol. The Labute approximate surface area is 285 Å². The topological polar surface area (TPSA) is 137 Å². The Kier molecular flexibility index (Phi) is 10.9. The van der Waals surface area contributed by atoms with Gasteiger partial charge in [0, 0.05) is 5.70 Å². The third-order valence-corrected chi connectivity index (χ3v) is 8.05. The third kappa shape index (κ3) is 8.38. The van der Waals surface area contributed by atoms with Crippen molar-refractivity contribution in [1.29, 1.82) is 0 Å². The van der Waals surface area contributed by atoms with Crippen LogP contribution >= 0.6 is 22.6 Å². The van der Waals surface area contributed by atoms with Crippen LogP contribution in [0, 0.1) is 3.57 Å². The minimum Gasteiger partial charge on any atom is -0.493 e. The molecule has 3 amide bonds. The van der Waals surface area contributed by atoms with E-state index in [9.17, 15) is 14.4 Å². The average Bonchev–Trinajstić information content (AvgIpc) is 3.06. The molecule has 0 bridgehead atoms. The lowest BCUT2D eigenvalue weighted by atomic mass is 9.95. The molecular formula is C35H33IN4O7. The van der Waals surface area contributed by atoms with Crippen LogP contribution < -0.4 is 30.3 Å². The van der Waals surface area contributed by atoms with Crippen molar-refractivity contribution < 1.29 is 33.3 Å². The lowest BCUT2D eigenvalue weighted by Crippen LogP contribution is -2.45. The fraction of sp³-hybridized carbons (Fsp3) is 0.200. The standard InChI is InChI=1S/C35H33IN4O7/c1-4-45-34(42)32-21(2)38-35(43)39-33(32)26-12-14-29(30(17-26)44-3)47-20-31(41)40-37-18-22-10-13-28(27(36)16-22)46-19-23-9-11-24-7-5-6-8-25(24)15-23/h5-18,33H,4,19-20H2,1-3H3,(H,40,41)(H2,38,39,43)/b37-18-/t33-/m0/s1. The van der Waals surface area contributed by atoms with E-state index in [0.29, 0.717) is 29.4 Å². The summed E-state index contributed by atoms with van der Waals surface area (Å²) in [6.07, 6.45) is 1.53. The number of carbonyl (C=O) groups is 3. The summed E-state index contributed by atoms with van der Waals surface area (Å²) in [5.41, 5.74) is 5.55. The Bertz CT molecular complexity index is 1870. The molecule has 12 heteroatoms. The number of hydrazone groups is 1. The number of nitrogens with zero attached hydrogens (tertiary/aromatic N) is 1. The monoisotopic (exact) mass is 748 g/mol. The molecule has 1 heterocycles. The minimum absolute atomic E-state index is 0.187. The second kappa shape index (κ2) is 15.5. The van der Waals surface area contributed by atoms with Crippen LogP contribution in [-0.4, -0.2) is 44.4 Å². The van der Waals surface area contributed by atoms with Crippen molar-refractivity contribution >= 4 is 57.5 Å². The first kappa shape index (κ1) is 33.3. The van der Waals surface area contributed by atoms with E-state index in [1.807, 2.05) is 30.3 Å². The first-order valence-corrected chi connectivity index (χ1v) is 15.8. The maximum absolute atomic E-state index is 12.6. The van der Waals surface area contributed by atoms with Gasteiger partial charge in [-0.1, -0.05) is 42.5 Å². The van der Waals surface area contributed by atoms with Crippen LogP contribution in [0.1, 0.15) is 36.6 Å². The summed E-state index contributed by atoms with van der Waals surface area (Å²) >= 11 is 2.21. The molecule has 3 N–H and O–H groups in total. The zero-order chi connectivity index (χ0) is 33.3. The summed E-state index contributed by atoms with van der Waals surface area (Å²) in [4.78, 5) is 37.3. The number of carbonyl (C=O) groups excluding carboxylic acids is 3. The maximum Gasteiger partial charge on any atom is 0.338 e. The van der Waals surface area contributed by atoms with Gasteiger partial charge in [-0.2, -0.15) is 5.10 Å². The fourth-order valence-corrected chi connectivity index (χ4v) is 5.66. The number of hydrogen-bond acceptors (Lipinski definition) is 8. The second-order valence-corrected chi connectivity index (χ2v) is 11.6. The first-order valence-electron chi connectivity index (χ1n) is 14.7. The molecule has 0 aromatic heterocycles. The van der Waals surface area contributed by atoms with Crippen LogP contribution in [-0.2, 0) is 20.9 Å². The van der Waals surface area contributed by atoms with Gasteiger partial charge in [0.1, 0.15) is 12.4 Å². The van der Waals surface area contributed by atoms with Crippen LogP contribution in [0.2, 0.25) is 0 Å². The molecule has 47 heavy (non-hydrogen) atoms. The number of amides is 3. The van der Waals surface area contributed by atoms with Gasteiger partial charge in [0.15, 0.2) is 18.1 Å². The molecule has 11 nitrogen and oxygen atoms in total. The first-order chi connectivity index (χ1) is 22.7. The second-order valence-electron chi connectivity index (χ2n) is 10.4. The van der Waals surface area contributed by atoms with E-state index in [-0.39, 0.29) is 18.8 Å². The normalized spacial score (nSPS) is 14.4. The molecule has 4 aromatic carbocycles. The lowest BCUT2D eigenvalue weighted by molar-refractivity contribution is -0.139. The highest BCUT2D eigenvalue weighted by Gasteiger charge is 2.32. The van der Waals surface area contributed by atoms with Gasteiger partial charge in [-0.05, 0) is 100 Å². The highest BCUT2D eigenvalue weighted by atomic mass is 127. The number of nitrogens with one attached hydrogen (secondary N) is 3. The molecule has 0 aliphatic carbocycles. The Balaban J connectivity index is 1.15. The lowest BCUT2D eigenvalue weighted by Gasteiger charge is -2.28. The number of urea groups is 1. The van der Waals surface area contributed by atoms with E-state index in [0.717, 1.165) is 20.4 Å². The van der Waals surface area contributed by atoms with E-state index < -0.39 is 23.9 Å². The van der Waals surface area contributed by atoms with E-state index in [1.165, 1.54) is 24.1 Å². The maximum atomic E-state index is 12.6. The molecule has 1 aliphatic heterocycles. The molecule has 0 saturated heterocycles. The number of allylic oxidation sites excluding steroid dienone is 1. The molecule has 1 aliphatic rings. The van der Waals surface area contributed by atoms with Crippen molar-refractivity contribution in [2.75, 3.05) is 20.3 Å². The summed E-state index contributed by atoms with van der Waals surface area (Å²) in [5, 5.41) is 11.7. The molecule has 0 fully saturated rings. The van der Waals surface area contributed by atoms with Crippen LogP contribution in [0.25, 0.3) is 10.8 Å². The van der Waals surface area contributed by atoms with Crippen molar-refractivity contribution in [1.82, 2.24) is 16.1 Å². The number of ether oxygens (including phenoxy) is 4. The van der Waals surface area contributed by atoms with Gasteiger partial charge in [-0.25, -0.2) is 15.0 Å². The molecule has 0 spiro atoms. The molecule has 0 unspecified atom stereocenters. The Morgan fingerprint density at radius 2 is 1.74 bits per heavy atom. The fourth-order valence-electron chi connectivity index (χ4n) is 4.96. The van der Waals surface area contributed by atoms with Crippen molar-refractivity contribution in [3.8, 4) is 17.2 Å². The van der Waals surface area contributed by atoms with E-state index in [2.05, 4.69) is 74.1 Å². The predicted octanol–water partition coefficient (Wildman–Crippen LogP) is 5.75. The van der Waals surface area contributed by atoms with Gasteiger partial charge in [0.25, 0.3) is 5.91 Å². The van der Waals surface area contributed by atoms with Crippen molar-refractivity contribution in [3.63, 3.8) is 0 Å². The Morgan fingerprint density at radius 1 is 0.957 bits per heavy atom. The minimum atomic E-state index is -0.767. The molecule has 0 radical (unpaired) electrons. The largest absolute Gasteiger partial charge is 0.493 e. The van der Waals surface area contributed by atoms with Crippen molar-refractivity contribution in [2.45, 2.75) is 26.5 Å². The Morgan fingerprint density at radius 3 is 2.51 bits per heavy atom. The quantitative estimate of drug-likeness (QED) is 0.0727. The number of methoxy groups -OCH3 is 1. The zero-order valence-corrected chi connectivity index (χ0v) is 28.1. The Hall–Kier alpha value is -5.11. The summed E-state index contributed by atoms with van der Waals surface area (Å²) in [5.74, 6) is 0.327. The number of fused-ring (bicyclic) bond motifs is 1. The van der Waals surface area contributed by atoms with Gasteiger partial charge in [0.2, 0.25) is 0 Å². The average molecular weight is 749 g/mol. The summed E-state index contributed by atoms with van der Waals surface area (Å²) in [6.45, 7) is 3.64. The van der Waals surface area contributed by atoms with Crippen molar-refractivity contribution in [3.05, 3.63) is 110 Å². The SMILES string of the molecule is CCOC(=O)C1=C(C)NC(=O)N[C@H]1c1ccc(OCC(=O)N/N=C\c2ccc(OCc3ccc4ccccc4c3)c(I)c2)c(OC)c1. The van der Waals surface area contributed by atoms with Crippen molar-refractivity contribution in [2.24, 2.45) is 5.10 Å². The van der Waals surface area contributed by atoms with Gasteiger partial charge < -0.3 is 29.6 Å². The van der Waals surface area contributed by atoms with Crippen LogP contribution in [0.3, 0.4) is 0 Å².